The highest BCUT2D eigenvalue weighted by molar-refractivity contribution is 5.80. The molecule has 1 amide bonds. The van der Waals surface area contributed by atoms with Gasteiger partial charge in [0.05, 0.1) is 5.56 Å². The summed E-state index contributed by atoms with van der Waals surface area (Å²) in [5.41, 5.74) is 6.39. The van der Waals surface area contributed by atoms with Crippen LogP contribution in [0.1, 0.15) is 25.8 Å². The molecule has 1 atom stereocenters. The fraction of sp³-hybridized carbons (Fsp3) is 0.385. The van der Waals surface area contributed by atoms with E-state index in [0.29, 0.717) is 23.5 Å². The number of hydrogen-bond donors (Lipinski definition) is 2. The van der Waals surface area contributed by atoms with Crippen LogP contribution in [0, 0.1) is 11.3 Å². The zero-order valence-corrected chi connectivity index (χ0v) is 10.6. The molecule has 1 unspecified atom stereocenters. The minimum absolute atomic E-state index is 0.197. The molecule has 0 aliphatic heterocycles. The van der Waals surface area contributed by atoms with E-state index in [1.54, 1.807) is 19.1 Å². The number of carbonyl (C=O) groups excluding carboxylic acids is 1. The lowest BCUT2D eigenvalue weighted by Crippen LogP contribution is -2.36. The number of hydrogen-bond acceptors (Lipinski definition) is 4. The van der Waals surface area contributed by atoms with Crippen LogP contribution in [0.3, 0.4) is 0 Å². The second kappa shape index (κ2) is 6.50. The van der Waals surface area contributed by atoms with Crippen LogP contribution in [-0.2, 0) is 4.79 Å². The van der Waals surface area contributed by atoms with Crippen molar-refractivity contribution < 1.29 is 9.53 Å². The molecule has 0 bridgehead atoms. The Kier molecular flexibility index (Phi) is 5.00. The first-order chi connectivity index (χ1) is 8.58. The van der Waals surface area contributed by atoms with Crippen molar-refractivity contribution in [2.45, 2.75) is 26.4 Å². The molecule has 0 aromatic heterocycles. The molecule has 5 heteroatoms. The van der Waals surface area contributed by atoms with Gasteiger partial charge in [-0.1, -0.05) is 6.92 Å². The Bertz CT molecular complexity index is 466. The number of ether oxygens (including phenoxy) is 1. The lowest BCUT2D eigenvalue weighted by Gasteiger charge is -2.15. The largest absolute Gasteiger partial charge is 0.480 e. The molecule has 5 nitrogen and oxygen atoms in total. The predicted molar refractivity (Wildman–Crippen MR) is 69.0 cm³/mol. The lowest BCUT2D eigenvalue weighted by atomic mass is 10.2. The molecular weight excluding hydrogens is 230 g/mol. The van der Waals surface area contributed by atoms with Gasteiger partial charge in [-0.15, -0.1) is 0 Å². The van der Waals surface area contributed by atoms with Gasteiger partial charge in [0.1, 0.15) is 11.8 Å². The number of nitriles is 1. The number of nitrogens with one attached hydrogen (secondary N) is 1. The minimum atomic E-state index is -0.646. The molecule has 0 radical (unpaired) electrons. The number of carbonyl (C=O) groups is 1. The molecular formula is C13H17N3O2. The maximum Gasteiger partial charge on any atom is 0.260 e. The Morgan fingerprint density at radius 2 is 2.33 bits per heavy atom. The fourth-order valence-electron chi connectivity index (χ4n) is 1.37. The van der Waals surface area contributed by atoms with Crippen LogP contribution in [0.15, 0.2) is 18.2 Å². The summed E-state index contributed by atoms with van der Waals surface area (Å²) in [6.07, 6.45) is 0.219. The Balaban J connectivity index is 2.73. The van der Waals surface area contributed by atoms with Crippen molar-refractivity contribution >= 4 is 11.6 Å². The molecule has 3 N–H and O–H groups in total. The number of nitrogens with two attached hydrogens (primary N) is 1. The van der Waals surface area contributed by atoms with Gasteiger partial charge in [-0.05, 0) is 31.5 Å². The zero-order valence-electron chi connectivity index (χ0n) is 10.6. The number of nitrogens with zero attached hydrogens (tertiary/aromatic N) is 1. The maximum absolute atomic E-state index is 11.6. The summed E-state index contributed by atoms with van der Waals surface area (Å²) in [5, 5.41) is 11.7. The monoisotopic (exact) mass is 247 g/mol. The first kappa shape index (κ1) is 13.8. The van der Waals surface area contributed by atoms with Gasteiger partial charge in [0.2, 0.25) is 0 Å². The Hall–Kier alpha value is -2.22. The number of nitrogen functional groups attached to an aromatic ring is 1. The van der Waals surface area contributed by atoms with Gasteiger partial charge in [-0.2, -0.15) is 5.26 Å². The molecule has 0 heterocycles. The smallest absolute Gasteiger partial charge is 0.260 e. The predicted octanol–water partition coefficient (Wildman–Crippen LogP) is 1.43. The Labute approximate surface area is 107 Å². The van der Waals surface area contributed by atoms with Crippen molar-refractivity contribution in [3.05, 3.63) is 23.8 Å². The third-order valence-electron chi connectivity index (χ3n) is 2.35. The van der Waals surface area contributed by atoms with Gasteiger partial charge < -0.3 is 15.8 Å². The van der Waals surface area contributed by atoms with E-state index in [2.05, 4.69) is 5.32 Å². The maximum atomic E-state index is 11.6. The first-order valence-electron chi connectivity index (χ1n) is 5.82. The van der Waals surface area contributed by atoms with Crippen molar-refractivity contribution in [2.24, 2.45) is 0 Å². The minimum Gasteiger partial charge on any atom is -0.480 e. The zero-order chi connectivity index (χ0) is 13.5. The average Bonchev–Trinajstić information content (AvgIpc) is 2.37. The van der Waals surface area contributed by atoms with E-state index in [4.69, 9.17) is 15.7 Å². The van der Waals surface area contributed by atoms with Crippen LogP contribution < -0.4 is 15.8 Å². The molecule has 1 aromatic rings. The molecule has 1 rings (SSSR count). The normalized spacial score (nSPS) is 11.4. The molecule has 18 heavy (non-hydrogen) atoms. The molecule has 0 aliphatic rings. The summed E-state index contributed by atoms with van der Waals surface area (Å²) in [5.74, 6) is 0.170. The summed E-state index contributed by atoms with van der Waals surface area (Å²) in [7, 11) is 0. The highest BCUT2D eigenvalue weighted by Gasteiger charge is 2.15. The lowest BCUT2D eigenvalue weighted by molar-refractivity contribution is -0.127. The summed E-state index contributed by atoms with van der Waals surface area (Å²) in [4.78, 5) is 11.6. The second-order valence-corrected chi connectivity index (χ2v) is 3.92. The van der Waals surface area contributed by atoms with Gasteiger partial charge in [-0.3, -0.25) is 4.79 Å². The summed E-state index contributed by atoms with van der Waals surface area (Å²) >= 11 is 0. The molecule has 0 fully saturated rings. The van der Waals surface area contributed by atoms with E-state index in [1.807, 2.05) is 13.0 Å². The van der Waals surface area contributed by atoms with Gasteiger partial charge in [0.25, 0.3) is 5.91 Å². The second-order valence-electron chi connectivity index (χ2n) is 3.92. The van der Waals surface area contributed by atoms with Gasteiger partial charge in [0.15, 0.2) is 6.10 Å². The van der Waals surface area contributed by atoms with Crippen LogP contribution >= 0.6 is 0 Å². The number of amides is 1. The Morgan fingerprint density at radius 3 is 2.94 bits per heavy atom. The molecule has 1 aromatic carbocycles. The molecule has 0 aliphatic carbocycles. The van der Waals surface area contributed by atoms with Gasteiger partial charge in [-0.25, -0.2) is 0 Å². The van der Waals surface area contributed by atoms with E-state index < -0.39 is 6.10 Å². The van der Waals surface area contributed by atoms with Crippen LogP contribution in [-0.4, -0.2) is 18.6 Å². The van der Waals surface area contributed by atoms with Crippen molar-refractivity contribution in [3.8, 4) is 11.8 Å². The average molecular weight is 247 g/mol. The molecule has 0 saturated carbocycles. The van der Waals surface area contributed by atoms with Crippen molar-refractivity contribution in [1.82, 2.24) is 5.32 Å². The van der Waals surface area contributed by atoms with Crippen LogP contribution in [0.2, 0.25) is 0 Å². The van der Waals surface area contributed by atoms with Crippen molar-refractivity contribution in [1.29, 1.82) is 5.26 Å². The quantitative estimate of drug-likeness (QED) is 0.770. The summed E-state index contributed by atoms with van der Waals surface area (Å²) in [6, 6.07) is 6.73. The van der Waals surface area contributed by atoms with E-state index in [9.17, 15) is 4.79 Å². The SMILES string of the molecule is CCCNC(=O)C(C)Oc1ccc(N)cc1C#N. The summed E-state index contributed by atoms with van der Waals surface area (Å²) in [6.45, 7) is 4.22. The summed E-state index contributed by atoms with van der Waals surface area (Å²) < 4.78 is 5.46. The van der Waals surface area contributed by atoms with Crippen LogP contribution in [0.4, 0.5) is 5.69 Å². The van der Waals surface area contributed by atoms with E-state index in [0.717, 1.165) is 6.42 Å². The number of rotatable bonds is 5. The first-order valence-corrected chi connectivity index (χ1v) is 5.82. The van der Waals surface area contributed by atoms with Gasteiger partial charge >= 0.3 is 0 Å². The number of anilines is 1. The van der Waals surface area contributed by atoms with Crippen LogP contribution in [0.5, 0.6) is 5.75 Å². The Morgan fingerprint density at radius 1 is 1.61 bits per heavy atom. The van der Waals surface area contributed by atoms with Gasteiger partial charge in [0, 0.05) is 12.2 Å². The van der Waals surface area contributed by atoms with E-state index >= 15 is 0 Å². The molecule has 0 saturated heterocycles. The highest BCUT2D eigenvalue weighted by Crippen LogP contribution is 2.21. The van der Waals surface area contributed by atoms with Crippen molar-refractivity contribution in [2.75, 3.05) is 12.3 Å². The standard InChI is InChI=1S/C13H17N3O2/c1-3-6-16-13(17)9(2)18-12-5-4-11(15)7-10(12)8-14/h4-5,7,9H,3,6,15H2,1-2H3,(H,16,17). The third kappa shape index (κ3) is 3.67. The topological polar surface area (TPSA) is 88.1 Å². The fourth-order valence-corrected chi connectivity index (χ4v) is 1.37. The number of benzene rings is 1. The third-order valence-corrected chi connectivity index (χ3v) is 2.35. The molecule has 96 valence electrons. The van der Waals surface area contributed by atoms with E-state index in [1.165, 1.54) is 6.07 Å². The van der Waals surface area contributed by atoms with Crippen LogP contribution in [0.25, 0.3) is 0 Å². The molecule has 0 spiro atoms. The van der Waals surface area contributed by atoms with Crippen molar-refractivity contribution in [3.63, 3.8) is 0 Å². The van der Waals surface area contributed by atoms with E-state index in [-0.39, 0.29) is 5.91 Å². The highest BCUT2D eigenvalue weighted by atomic mass is 16.5.